The SMILES string of the molecule is CC[C@H](C)N(C(=O)COC(=O)c1cccc(NC(C)=O)c1)[C@H]1CCS(=O)(=O)C1. The molecule has 28 heavy (non-hydrogen) atoms. The molecule has 0 aliphatic carbocycles. The van der Waals surface area contributed by atoms with E-state index in [1.165, 1.54) is 24.0 Å². The lowest BCUT2D eigenvalue weighted by Gasteiger charge is -2.33. The number of hydrogen-bond donors (Lipinski definition) is 1. The lowest BCUT2D eigenvalue weighted by atomic mass is 10.1. The van der Waals surface area contributed by atoms with Crippen LogP contribution in [0.5, 0.6) is 0 Å². The Labute approximate surface area is 165 Å². The van der Waals surface area contributed by atoms with Crippen LogP contribution in [0, 0.1) is 0 Å². The molecule has 0 unspecified atom stereocenters. The second-order valence-corrected chi connectivity index (χ2v) is 9.18. The lowest BCUT2D eigenvalue weighted by molar-refractivity contribution is -0.138. The number of carbonyl (C=O) groups excluding carboxylic acids is 3. The number of esters is 1. The third kappa shape index (κ3) is 5.79. The van der Waals surface area contributed by atoms with Gasteiger partial charge in [-0.2, -0.15) is 0 Å². The van der Waals surface area contributed by atoms with Gasteiger partial charge in [-0.1, -0.05) is 13.0 Å². The molecule has 0 aromatic heterocycles. The summed E-state index contributed by atoms with van der Waals surface area (Å²) >= 11 is 0. The topological polar surface area (TPSA) is 110 Å². The van der Waals surface area contributed by atoms with E-state index in [0.29, 0.717) is 18.5 Å². The standard InChI is InChI=1S/C19H26N2O6S/c1-4-13(2)21(17-8-9-28(25,26)12-17)18(23)11-27-19(24)15-6-5-7-16(10-15)20-14(3)22/h5-7,10,13,17H,4,8-9,11-12H2,1-3H3,(H,20,22)/t13-,17-/m0/s1. The molecule has 1 aromatic carbocycles. The molecule has 0 bridgehead atoms. The molecule has 1 N–H and O–H groups in total. The molecule has 1 fully saturated rings. The van der Waals surface area contributed by atoms with Crippen LogP contribution in [0.2, 0.25) is 0 Å². The summed E-state index contributed by atoms with van der Waals surface area (Å²) in [5.74, 6) is -1.37. The highest BCUT2D eigenvalue weighted by atomic mass is 32.2. The zero-order valence-corrected chi connectivity index (χ0v) is 17.1. The molecular weight excluding hydrogens is 384 g/mol. The number of amides is 2. The predicted octanol–water partition coefficient (Wildman–Crippen LogP) is 1.62. The molecule has 1 heterocycles. The van der Waals surface area contributed by atoms with Crippen LogP contribution in [0.1, 0.15) is 44.0 Å². The molecule has 154 valence electrons. The maximum atomic E-state index is 12.7. The van der Waals surface area contributed by atoms with E-state index in [1.54, 1.807) is 12.1 Å². The largest absolute Gasteiger partial charge is 0.452 e. The van der Waals surface area contributed by atoms with E-state index < -0.39 is 34.4 Å². The number of benzene rings is 1. The average molecular weight is 410 g/mol. The Morgan fingerprint density at radius 3 is 2.61 bits per heavy atom. The number of nitrogens with one attached hydrogen (secondary N) is 1. The number of anilines is 1. The summed E-state index contributed by atoms with van der Waals surface area (Å²) in [5.41, 5.74) is 0.656. The van der Waals surface area contributed by atoms with Crippen molar-refractivity contribution in [3.63, 3.8) is 0 Å². The van der Waals surface area contributed by atoms with Gasteiger partial charge in [0.15, 0.2) is 16.4 Å². The molecule has 9 heteroatoms. The Morgan fingerprint density at radius 2 is 2.04 bits per heavy atom. The summed E-state index contributed by atoms with van der Waals surface area (Å²) in [7, 11) is -3.14. The van der Waals surface area contributed by atoms with Gasteiger partial charge < -0.3 is 15.0 Å². The molecule has 1 aromatic rings. The summed E-state index contributed by atoms with van der Waals surface area (Å²) in [4.78, 5) is 37.6. The highest BCUT2D eigenvalue weighted by Gasteiger charge is 2.36. The molecule has 0 radical (unpaired) electrons. The van der Waals surface area contributed by atoms with Crippen molar-refractivity contribution in [2.45, 2.75) is 45.7 Å². The average Bonchev–Trinajstić information content (AvgIpc) is 2.98. The second kappa shape index (κ2) is 9.18. The summed E-state index contributed by atoms with van der Waals surface area (Å²) < 4.78 is 28.7. The van der Waals surface area contributed by atoms with Crippen LogP contribution in [0.25, 0.3) is 0 Å². The quantitative estimate of drug-likeness (QED) is 0.684. The number of rotatable bonds is 7. The van der Waals surface area contributed by atoms with Crippen molar-refractivity contribution in [3.8, 4) is 0 Å². The van der Waals surface area contributed by atoms with E-state index in [4.69, 9.17) is 4.74 Å². The Bertz CT molecular complexity index is 852. The zero-order chi connectivity index (χ0) is 20.9. The fourth-order valence-electron chi connectivity index (χ4n) is 3.21. The third-order valence-electron chi connectivity index (χ3n) is 4.70. The van der Waals surface area contributed by atoms with Crippen molar-refractivity contribution in [2.75, 3.05) is 23.4 Å². The van der Waals surface area contributed by atoms with Gasteiger partial charge in [0.2, 0.25) is 5.91 Å². The van der Waals surface area contributed by atoms with Gasteiger partial charge in [0.05, 0.1) is 17.1 Å². The molecule has 1 aliphatic heterocycles. The van der Waals surface area contributed by atoms with Gasteiger partial charge in [0.1, 0.15) is 0 Å². The molecule has 1 aliphatic rings. The minimum atomic E-state index is -3.14. The fourth-order valence-corrected chi connectivity index (χ4v) is 4.92. The summed E-state index contributed by atoms with van der Waals surface area (Å²) in [6.45, 7) is 4.65. The number of ether oxygens (including phenoxy) is 1. The smallest absolute Gasteiger partial charge is 0.338 e. The summed E-state index contributed by atoms with van der Waals surface area (Å²) in [5, 5.41) is 2.57. The maximum Gasteiger partial charge on any atom is 0.338 e. The first-order chi connectivity index (χ1) is 13.1. The van der Waals surface area contributed by atoms with Crippen molar-refractivity contribution >= 4 is 33.3 Å². The second-order valence-electron chi connectivity index (χ2n) is 6.95. The third-order valence-corrected chi connectivity index (χ3v) is 6.45. The van der Waals surface area contributed by atoms with Gasteiger partial charge in [-0.3, -0.25) is 9.59 Å². The summed E-state index contributed by atoms with van der Waals surface area (Å²) in [6, 6.07) is 5.66. The lowest BCUT2D eigenvalue weighted by Crippen LogP contribution is -2.48. The van der Waals surface area contributed by atoms with Crippen LogP contribution in [0.3, 0.4) is 0 Å². The number of sulfone groups is 1. The monoisotopic (exact) mass is 410 g/mol. The van der Waals surface area contributed by atoms with Crippen LogP contribution >= 0.6 is 0 Å². The van der Waals surface area contributed by atoms with Crippen molar-refractivity contribution in [3.05, 3.63) is 29.8 Å². The van der Waals surface area contributed by atoms with Crippen molar-refractivity contribution in [1.82, 2.24) is 4.90 Å². The predicted molar refractivity (Wildman–Crippen MR) is 105 cm³/mol. The van der Waals surface area contributed by atoms with E-state index in [1.807, 2.05) is 13.8 Å². The number of nitrogens with zero attached hydrogens (tertiary/aromatic N) is 1. The first-order valence-electron chi connectivity index (χ1n) is 9.19. The van der Waals surface area contributed by atoms with Crippen LogP contribution in [0.4, 0.5) is 5.69 Å². The molecule has 0 spiro atoms. The van der Waals surface area contributed by atoms with Crippen LogP contribution < -0.4 is 5.32 Å². The molecule has 0 saturated carbocycles. The van der Waals surface area contributed by atoms with Gasteiger partial charge in [-0.25, -0.2) is 13.2 Å². The Hall–Kier alpha value is -2.42. The van der Waals surface area contributed by atoms with Crippen molar-refractivity contribution in [2.24, 2.45) is 0 Å². The minimum absolute atomic E-state index is 0.0597. The number of carbonyl (C=O) groups is 3. The van der Waals surface area contributed by atoms with Crippen molar-refractivity contribution < 1.29 is 27.5 Å². The summed E-state index contributed by atoms with van der Waals surface area (Å²) in [6.07, 6.45) is 1.06. The van der Waals surface area contributed by atoms with Crippen LogP contribution in [-0.4, -0.2) is 61.3 Å². The number of hydrogen-bond acceptors (Lipinski definition) is 6. The first-order valence-corrected chi connectivity index (χ1v) is 11.0. The highest BCUT2D eigenvalue weighted by molar-refractivity contribution is 7.91. The van der Waals surface area contributed by atoms with E-state index in [-0.39, 0.29) is 29.0 Å². The van der Waals surface area contributed by atoms with E-state index in [0.717, 1.165) is 0 Å². The Kier molecular flexibility index (Phi) is 7.17. The minimum Gasteiger partial charge on any atom is -0.452 e. The fraction of sp³-hybridized carbons (Fsp3) is 0.526. The van der Waals surface area contributed by atoms with E-state index in [2.05, 4.69) is 5.32 Å². The molecule has 2 atom stereocenters. The van der Waals surface area contributed by atoms with Crippen LogP contribution in [0.15, 0.2) is 24.3 Å². The zero-order valence-electron chi connectivity index (χ0n) is 16.3. The van der Waals surface area contributed by atoms with Gasteiger partial charge in [0.25, 0.3) is 5.91 Å². The van der Waals surface area contributed by atoms with E-state index in [9.17, 15) is 22.8 Å². The highest BCUT2D eigenvalue weighted by Crippen LogP contribution is 2.21. The Balaban J connectivity index is 2.04. The molecular formula is C19H26N2O6S. The van der Waals surface area contributed by atoms with Gasteiger partial charge >= 0.3 is 5.97 Å². The van der Waals surface area contributed by atoms with E-state index >= 15 is 0 Å². The van der Waals surface area contributed by atoms with Gasteiger partial charge in [-0.15, -0.1) is 0 Å². The van der Waals surface area contributed by atoms with Gasteiger partial charge in [-0.05, 0) is 38.0 Å². The normalized spacial score (nSPS) is 18.9. The van der Waals surface area contributed by atoms with Crippen molar-refractivity contribution in [1.29, 1.82) is 0 Å². The first kappa shape index (κ1) is 21.9. The Morgan fingerprint density at radius 1 is 1.32 bits per heavy atom. The maximum absolute atomic E-state index is 12.7. The molecule has 8 nitrogen and oxygen atoms in total. The van der Waals surface area contributed by atoms with Crippen LogP contribution in [-0.2, 0) is 24.2 Å². The molecule has 2 amide bonds. The molecule has 2 rings (SSSR count). The molecule has 1 saturated heterocycles. The van der Waals surface area contributed by atoms with Gasteiger partial charge in [0, 0.05) is 24.7 Å².